The summed E-state index contributed by atoms with van der Waals surface area (Å²) >= 11 is 0. The van der Waals surface area contributed by atoms with E-state index in [0.717, 1.165) is 12.8 Å². The predicted molar refractivity (Wildman–Crippen MR) is 97.4 cm³/mol. The van der Waals surface area contributed by atoms with Crippen molar-refractivity contribution in [3.8, 4) is 0 Å². The van der Waals surface area contributed by atoms with Crippen LogP contribution < -0.4 is 16.4 Å². The topological polar surface area (TPSA) is 120 Å². The summed E-state index contributed by atoms with van der Waals surface area (Å²) < 4.78 is 10.1. The van der Waals surface area contributed by atoms with Gasteiger partial charge in [0.1, 0.15) is 11.6 Å². The van der Waals surface area contributed by atoms with Gasteiger partial charge < -0.3 is 25.8 Å². The Labute approximate surface area is 155 Å². The fraction of sp³-hybridized carbons (Fsp3) is 0.833. The second-order valence-electron chi connectivity index (χ2n) is 7.66. The van der Waals surface area contributed by atoms with Crippen molar-refractivity contribution in [1.82, 2.24) is 10.6 Å². The van der Waals surface area contributed by atoms with E-state index in [4.69, 9.17) is 15.2 Å². The van der Waals surface area contributed by atoms with Gasteiger partial charge in [-0.2, -0.15) is 0 Å². The van der Waals surface area contributed by atoms with E-state index in [9.17, 15) is 14.4 Å². The van der Waals surface area contributed by atoms with Crippen LogP contribution in [0.2, 0.25) is 0 Å². The molecule has 26 heavy (non-hydrogen) atoms. The number of esters is 1. The number of nitrogens with one attached hydrogen (secondary N) is 2. The van der Waals surface area contributed by atoms with E-state index in [0.29, 0.717) is 32.2 Å². The van der Waals surface area contributed by atoms with Crippen molar-refractivity contribution in [2.45, 2.75) is 77.0 Å². The Hall–Kier alpha value is -1.83. The third-order valence-electron chi connectivity index (χ3n) is 4.30. The maximum Gasteiger partial charge on any atom is 0.408 e. The molecule has 150 valence electrons. The Morgan fingerprint density at radius 1 is 1.19 bits per heavy atom. The Balaban J connectivity index is 2.74. The van der Waals surface area contributed by atoms with E-state index in [1.54, 1.807) is 20.8 Å². The largest absolute Gasteiger partial charge is 0.469 e. The molecule has 0 spiro atoms. The smallest absolute Gasteiger partial charge is 0.408 e. The lowest BCUT2D eigenvalue weighted by atomic mass is 9.84. The van der Waals surface area contributed by atoms with E-state index in [2.05, 4.69) is 10.6 Å². The normalized spacial score (nSPS) is 21.4. The molecular formula is C18H33N3O5. The van der Waals surface area contributed by atoms with E-state index in [1.165, 1.54) is 7.11 Å². The van der Waals surface area contributed by atoms with Crippen LogP contribution in [0.5, 0.6) is 0 Å². The quantitative estimate of drug-likeness (QED) is 0.583. The lowest BCUT2D eigenvalue weighted by Crippen LogP contribution is -2.53. The average Bonchev–Trinajstić information content (AvgIpc) is 2.56. The minimum absolute atomic E-state index is 0.287. The van der Waals surface area contributed by atoms with Crippen LogP contribution in [0.25, 0.3) is 0 Å². The van der Waals surface area contributed by atoms with Crippen LogP contribution in [0.15, 0.2) is 0 Å². The number of alkyl carbamates (subject to hydrolysis) is 1. The number of carbonyl (C=O) groups is 3. The predicted octanol–water partition coefficient (Wildman–Crippen LogP) is 1.47. The summed E-state index contributed by atoms with van der Waals surface area (Å²) in [7, 11) is 1.35. The molecule has 0 aromatic rings. The zero-order valence-corrected chi connectivity index (χ0v) is 16.3. The summed E-state index contributed by atoms with van der Waals surface area (Å²) in [4.78, 5) is 36.7. The molecule has 8 nitrogen and oxygen atoms in total. The first-order valence-electron chi connectivity index (χ1n) is 9.25. The van der Waals surface area contributed by atoms with Crippen LogP contribution in [0, 0.1) is 5.92 Å². The first-order chi connectivity index (χ1) is 12.2. The van der Waals surface area contributed by atoms with Gasteiger partial charge in [-0.25, -0.2) is 4.79 Å². The van der Waals surface area contributed by atoms with E-state index < -0.39 is 17.7 Å². The van der Waals surface area contributed by atoms with Gasteiger partial charge in [0.15, 0.2) is 0 Å². The highest BCUT2D eigenvalue weighted by Crippen LogP contribution is 2.25. The molecule has 0 aromatic heterocycles. The molecule has 8 heteroatoms. The fourth-order valence-electron chi connectivity index (χ4n) is 3.06. The Morgan fingerprint density at radius 2 is 1.85 bits per heavy atom. The molecule has 1 rings (SSSR count). The van der Waals surface area contributed by atoms with Crippen molar-refractivity contribution < 1.29 is 23.9 Å². The zero-order valence-electron chi connectivity index (χ0n) is 16.3. The van der Waals surface area contributed by atoms with Gasteiger partial charge in [0, 0.05) is 6.04 Å². The lowest BCUT2D eigenvalue weighted by molar-refractivity contribution is -0.147. The third kappa shape index (κ3) is 7.59. The average molecular weight is 371 g/mol. The SMILES string of the molecule is COC(=O)[C@@H]1CCCC[C@@H]1NC(=O)[C@H](CCCN)NC(=O)OC(C)(C)C. The monoisotopic (exact) mass is 371 g/mol. The van der Waals surface area contributed by atoms with Gasteiger partial charge in [-0.1, -0.05) is 12.8 Å². The number of amides is 2. The van der Waals surface area contributed by atoms with E-state index in [-0.39, 0.29) is 23.8 Å². The van der Waals surface area contributed by atoms with Crippen LogP contribution in [-0.2, 0) is 19.1 Å². The Kier molecular flexibility index (Phi) is 8.84. The molecule has 0 radical (unpaired) electrons. The number of carbonyl (C=O) groups excluding carboxylic acids is 3. The first-order valence-corrected chi connectivity index (χ1v) is 9.25. The van der Waals surface area contributed by atoms with Crippen molar-refractivity contribution in [3.05, 3.63) is 0 Å². The Morgan fingerprint density at radius 3 is 2.42 bits per heavy atom. The summed E-state index contributed by atoms with van der Waals surface area (Å²) in [6.45, 7) is 5.67. The molecule has 1 fully saturated rings. The molecule has 1 aliphatic rings. The summed E-state index contributed by atoms with van der Waals surface area (Å²) in [5.41, 5.74) is 4.88. The molecule has 2 amide bonds. The lowest BCUT2D eigenvalue weighted by Gasteiger charge is -2.31. The molecule has 4 N–H and O–H groups in total. The standard InChI is InChI=1S/C18H33N3O5/c1-18(2,3)26-17(24)21-14(10-7-11-19)15(22)20-13-9-6-5-8-12(13)16(23)25-4/h12-14H,5-11,19H2,1-4H3,(H,20,22)(H,21,24)/t12-,13+,14+/m1/s1. The summed E-state index contributed by atoms with van der Waals surface area (Å²) in [6.07, 6.45) is 3.59. The number of hydrogen-bond acceptors (Lipinski definition) is 6. The van der Waals surface area contributed by atoms with Crippen molar-refractivity contribution in [2.24, 2.45) is 11.7 Å². The molecule has 0 unspecified atom stereocenters. The van der Waals surface area contributed by atoms with Gasteiger partial charge in [0.05, 0.1) is 13.0 Å². The number of ether oxygens (including phenoxy) is 2. The molecule has 0 heterocycles. The molecule has 1 aliphatic carbocycles. The van der Waals surface area contributed by atoms with E-state index >= 15 is 0 Å². The van der Waals surface area contributed by atoms with Crippen LogP contribution in [0.3, 0.4) is 0 Å². The zero-order chi connectivity index (χ0) is 19.7. The summed E-state index contributed by atoms with van der Waals surface area (Å²) in [5.74, 6) is -0.992. The maximum atomic E-state index is 12.7. The van der Waals surface area contributed by atoms with Crippen LogP contribution in [0.4, 0.5) is 4.79 Å². The molecule has 1 saturated carbocycles. The van der Waals surface area contributed by atoms with Crippen molar-refractivity contribution in [1.29, 1.82) is 0 Å². The van der Waals surface area contributed by atoms with Gasteiger partial charge in [-0.05, 0) is 53.0 Å². The third-order valence-corrected chi connectivity index (χ3v) is 4.30. The molecule has 0 aromatic carbocycles. The molecule has 3 atom stereocenters. The minimum Gasteiger partial charge on any atom is -0.469 e. The Bertz CT molecular complexity index is 490. The summed E-state index contributed by atoms with van der Waals surface area (Å²) in [6, 6.07) is -1.04. The second kappa shape index (κ2) is 10.4. The minimum atomic E-state index is -0.756. The molecular weight excluding hydrogens is 338 g/mol. The molecule has 0 aliphatic heterocycles. The first kappa shape index (κ1) is 22.2. The number of methoxy groups -OCH3 is 1. The highest BCUT2D eigenvalue weighted by molar-refractivity contribution is 5.86. The van der Waals surface area contributed by atoms with Crippen LogP contribution in [-0.4, -0.2) is 49.3 Å². The van der Waals surface area contributed by atoms with Gasteiger partial charge in [0.25, 0.3) is 0 Å². The number of hydrogen-bond donors (Lipinski definition) is 3. The van der Waals surface area contributed by atoms with Gasteiger partial charge in [0.2, 0.25) is 5.91 Å². The second-order valence-corrected chi connectivity index (χ2v) is 7.66. The molecule has 0 bridgehead atoms. The van der Waals surface area contributed by atoms with Gasteiger partial charge in [-0.3, -0.25) is 9.59 Å². The van der Waals surface area contributed by atoms with E-state index in [1.807, 2.05) is 0 Å². The fourth-order valence-corrected chi connectivity index (χ4v) is 3.06. The molecule has 0 saturated heterocycles. The highest BCUT2D eigenvalue weighted by Gasteiger charge is 2.34. The van der Waals surface area contributed by atoms with Crippen LogP contribution >= 0.6 is 0 Å². The number of rotatable bonds is 7. The number of nitrogens with two attached hydrogens (primary N) is 1. The van der Waals surface area contributed by atoms with Crippen molar-refractivity contribution in [3.63, 3.8) is 0 Å². The van der Waals surface area contributed by atoms with Crippen LogP contribution in [0.1, 0.15) is 59.3 Å². The van der Waals surface area contributed by atoms with Gasteiger partial charge in [-0.15, -0.1) is 0 Å². The van der Waals surface area contributed by atoms with Crippen molar-refractivity contribution >= 4 is 18.0 Å². The van der Waals surface area contributed by atoms with Gasteiger partial charge >= 0.3 is 12.1 Å². The van der Waals surface area contributed by atoms with Crippen molar-refractivity contribution in [2.75, 3.05) is 13.7 Å². The summed E-state index contributed by atoms with van der Waals surface area (Å²) in [5, 5.41) is 5.52. The maximum absolute atomic E-state index is 12.7. The highest BCUT2D eigenvalue weighted by atomic mass is 16.6.